The Morgan fingerprint density at radius 2 is 2.16 bits per heavy atom. The molecule has 1 fully saturated rings. The van der Waals surface area contributed by atoms with Crippen LogP contribution in [0.3, 0.4) is 0 Å². The number of nitrogens with one attached hydrogen (secondary N) is 1. The number of halogens is 1. The third-order valence-electron chi connectivity index (χ3n) is 3.69. The van der Waals surface area contributed by atoms with Crippen LogP contribution in [0, 0.1) is 11.3 Å². The molecule has 3 nitrogen and oxygen atoms in total. The third kappa shape index (κ3) is 2.58. The maximum Gasteiger partial charge on any atom is 0.161 e. The van der Waals surface area contributed by atoms with Gasteiger partial charge in [-0.3, -0.25) is 4.99 Å². The predicted octanol–water partition coefficient (Wildman–Crippen LogP) is 4.04. The second-order valence-electron chi connectivity index (χ2n) is 5.07. The van der Waals surface area contributed by atoms with Gasteiger partial charge in [0, 0.05) is 5.75 Å². The summed E-state index contributed by atoms with van der Waals surface area (Å²) < 4.78 is 0. The van der Waals surface area contributed by atoms with Crippen molar-refractivity contribution < 1.29 is 0 Å². The van der Waals surface area contributed by atoms with Gasteiger partial charge in [0.05, 0.1) is 27.9 Å². The fourth-order valence-electron chi connectivity index (χ4n) is 2.64. The number of nitriles is 1. The van der Waals surface area contributed by atoms with Gasteiger partial charge < -0.3 is 5.32 Å². The van der Waals surface area contributed by atoms with E-state index in [1.807, 2.05) is 0 Å². The summed E-state index contributed by atoms with van der Waals surface area (Å²) in [6.45, 7) is 0. The summed E-state index contributed by atoms with van der Waals surface area (Å²) >= 11 is 7.90. The largest absolute Gasteiger partial charge is 0.334 e. The molecule has 0 amide bonds. The molecule has 98 valence electrons. The Balaban J connectivity index is 1.81. The fourth-order valence-corrected chi connectivity index (χ4v) is 4.01. The number of rotatable bonds is 1. The lowest BCUT2D eigenvalue weighted by Gasteiger charge is -2.16. The molecule has 1 heterocycles. The molecule has 1 aromatic carbocycles. The van der Waals surface area contributed by atoms with Gasteiger partial charge in [0.2, 0.25) is 0 Å². The van der Waals surface area contributed by atoms with Gasteiger partial charge in [-0.05, 0) is 31.0 Å². The van der Waals surface area contributed by atoms with Gasteiger partial charge in [-0.25, -0.2) is 0 Å². The molecule has 19 heavy (non-hydrogen) atoms. The lowest BCUT2D eigenvalue weighted by Crippen LogP contribution is -2.21. The maximum absolute atomic E-state index is 8.92. The summed E-state index contributed by atoms with van der Waals surface area (Å²) in [5.41, 5.74) is 1.53. The van der Waals surface area contributed by atoms with Gasteiger partial charge >= 0.3 is 0 Å². The molecule has 0 unspecified atom stereocenters. The van der Waals surface area contributed by atoms with Crippen LogP contribution in [-0.4, -0.2) is 16.5 Å². The molecule has 1 saturated carbocycles. The molecule has 0 aromatic heterocycles. The number of amidine groups is 1. The second-order valence-corrected chi connectivity index (χ2v) is 6.44. The fraction of sp³-hybridized carbons (Fsp3) is 0.429. The molecule has 1 aromatic rings. The summed E-state index contributed by atoms with van der Waals surface area (Å²) in [7, 11) is 0. The van der Waals surface area contributed by atoms with Crippen molar-refractivity contribution in [1.82, 2.24) is 0 Å². The van der Waals surface area contributed by atoms with E-state index in [0.717, 1.165) is 16.6 Å². The molecule has 1 aliphatic carbocycles. The predicted molar refractivity (Wildman–Crippen MR) is 80.9 cm³/mol. The lowest BCUT2D eigenvalue weighted by molar-refractivity contribution is 0.508. The van der Waals surface area contributed by atoms with Crippen LogP contribution in [-0.2, 0) is 0 Å². The minimum Gasteiger partial charge on any atom is -0.334 e. The number of thioether (sulfide) groups is 1. The first-order chi connectivity index (χ1) is 9.21. The van der Waals surface area contributed by atoms with E-state index < -0.39 is 0 Å². The van der Waals surface area contributed by atoms with E-state index in [1.54, 1.807) is 30.0 Å². The number of nitrogens with zero attached hydrogens (tertiary/aromatic N) is 2. The van der Waals surface area contributed by atoms with Crippen molar-refractivity contribution in [3.05, 3.63) is 28.8 Å². The van der Waals surface area contributed by atoms with Crippen molar-refractivity contribution >= 4 is 34.2 Å². The first-order valence-corrected chi connectivity index (χ1v) is 7.76. The average Bonchev–Trinajstić information content (AvgIpc) is 3.03. The highest BCUT2D eigenvalue weighted by Gasteiger charge is 2.38. The van der Waals surface area contributed by atoms with E-state index in [9.17, 15) is 0 Å². The van der Waals surface area contributed by atoms with Gasteiger partial charge in [0.1, 0.15) is 0 Å². The van der Waals surface area contributed by atoms with Crippen molar-refractivity contribution in [2.45, 2.75) is 31.2 Å². The minimum atomic E-state index is 0.159. The monoisotopic (exact) mass is 291 g/mol. The topological polar surface area (TPSA) is 48.2 Å². The van der Waals surface area contributed by atoms with Crippen molar-refractivity contribution in [3.63, 3.8) is 0 Å². The summed E-state index contributed by atoms with van der Waals surface area (Å²) in [6, 6.07) is 7.35. The van der Waals surface area contributed by atoms with E-state index in [4.69, 9.17) is 21.9 Å². The van der Waals surface area contributed by atoms with Crippen LogP contribution in [0.5, 0.6) is 0 Å². The molecule has 0 radical (unpaired) electrons. The number of hydrogen-bond acceptors (Lipinski definition) is 4. The number of benzene rings is 1. The van der Waals surface area contributed by atoms with E-state index in [-0.39, 0.29) is 5.54 Å². The minimum absolute atomic E-state index is 0.159. The van der Waals surface area contributed by atoms with Crippen LogP contribution in [0.15, 0.2) is 23.2 Å². The second kappa shape index (κ2) is 5.07. The summed E-state index contributed by atoms with van der Waals surface area (Å²) in [5, 5.41) is 13.7. The van der Waals surface area contributed by atoms with E-state index in [0.29, 0.717) is 10.6 Å². The molecular formula is C14H14ClN3S. The Bertz CT molecular complexity index is 571. The molecule has 1 spiro atoms. The quantitative estimate of drug-likeness (QED) is 0.849. The Morgan fingerprint density at radius 1 is 1.37 bits per heavy atom. The van der Waals surface area contributed by atoms with Crippen molar-refractivity contribution in [2.75, 3.05) is 11.1 Å². The van der Waals surface area contributed by atoms with Crippen LogP contribution in [0.4, 0.5) is 5.69 Å². The molecule has 0 bridgehead atoms. The molecule has 5 heteroatoms. The highest BCUT2D eigenvalue weighted by molar-refractivity contribution is 8.14. The molecule has 1 aliphatic heterocycles. The van der Waals surface area contributed by atoms with Crippen LogP contribution in [0.1, 0.15) is 31.2 Å². The molecular weight excluding hydrogens is 278 g/mol. The number of hydrogen-bond donors (Lipinski definition) is 1. The van der Waals surface area contributed by atoms with Gasteiger partial charge in [-0.2, -0.15) is 5.26 Å². The van der Waals surface area contributed by atoms with Gasteiger partial charge in [0.15, 0.2) is 5.17 Å². The van der Waals surface area contributed by atoms with E-state index in [1.165, 1.54) is 25.7 Å². The first-order valence-electron chi connectivity index (χ1n) is 6.40. The maximum atomic E-state index is 8.92. The summed E-state index contributed by atoms with van der Waals surface area (Å²) in [5.74, 6) is 1.06. The molecule has 0 atom stereocenters. The first kappa shape index (κ1) is 12.8. The van der Waals surface area contributed by atoms with Gasteiger partial charge in [0.25, 0.3) is 0 Å². The zero-order valence-electron chi connectivity index (χ0n) is 10.4. The highest BCUT2D eigenvalue weighted by Crippen LogP contribution is 2.41. The Morgan fingerprint density at radius 3 is 2.89 bits per heavy atom. The zero-order chi connectivity index (χ0) is 13.3. The van der Waals surface area contributed by atoms with Crippen LogP contribution in [0.2, 0.25) is 5.02 Å². The molecule has 0 saturated heterocycles. The zero-order valence-corrected chi connectivity index (χ0v) is 12.0. The van der Waals surface area contributed by atoms with Crippen LogP contribution < -0.4 is 5.32 Å². The molecule has 2 aliphatic rings. The Labute approximate surface area is 122 Å². The molecule has 1 N–H and O–H groups in total. The SMILES string of the molecule is N#Cc1ccc(Cl)c(NC2=NC3(CCCC3)CS2)c1. The summed E-state index contributed by atoms with van der Waals surface area (Å²) in [4.78, 5) is 4.84. The van der Waals surface area contributed by atoms with E-state index >= 15 is 0 Å². The van der Waals surface area contributed by atoms with Crippen molar-refractivity contribution in [2.24, 2.45) is 4.99 Å². The number of aliphatic imine (C=N–C) groups is 1. The average molecular weight is 292 g/mol. The Hall–Kier alpha value is -1.18. The van der Waals surface area contributed by atoms with E-state index in [2.05, 4.69) is 11.4 Å². The van der Waals surface area contributed by atoms with Crippen LogP contribution in [0.25, 0.3) is 0 Å². The third-order valence-corrected chi connectivity index (χ3v) is 5.17. The van der Waals surface area contributed by atoms with Crippen molar-refractivity contribution in [1.29, 1.82) is 5.26 Å². The van der Waals surface area contributed by atoms with Gasteiger partial charge in [-0.1, -0.05) is 36.2 Å². The van der Waals surface area contributed by atoms with Gasteiger partial charge in [-0.15, -0.1) is 0 Å². The summed E-state index contributed by atoms with van der Waals surface area (Å²) in [6.07, 6.45) is 4.94. The normalized spacial score (nSPS) is 20.3. The number of anilines is 1. The lowest BCUT2D eigenvalue weighted by atomic mass is 10.0. The highest BCUT2D eigenvalue weighted by atomic mass is 35.5. The Kier molecular flexibility index (Phi) is 3.42. The van der Waals surface area contributed by atoms with Crippen molar-refractivity contribution in [3.8, 4) is 6.07 Å². The standard InChI is InChI=1S/C14H14ClN3S/c15-11-4-3-10(8-16)7-12(11)17-13-18-14(9-19-13)5-1-2-6-14/h3-4,7H,1-2,5-6,9H2,(H,17,18). The van der Waals surface area contributed by atoms with Crippen LogP contribution >= 0.6 is 23.4 Å². The smallest absolute Gasteiger partial charge is 0.161 e. The molecule has 3 rings (SSSR count).